The van der Waals surface area contributed by atoms with Gasteiger partial charge in [-0.1, -0.05) is 18.2 Å². The minimum atomic E-state index is -0.263. The van der Waals surface area contributed by atoms with E-state index in [0.29, 0.717) is 6.54 Å². The smallest absolute Gasteiger partial charge is 0.278 e. The highest BCUT2D eigenvalue weighted by Crippen LogP contribution is 2.05. The number of amides is 1. The summed E-state index contributed by atoms with van der Waals surface area (Å²) >= 11 is 0. The fourth-order valence-corrected chi connectivity index (χ4v) is 3.18. The zero-order valence-electron chi connectivity index (χ0n) is 14.5. The van der Waals surface area contributed by atoms with Gasteiger partial charge in [0.05, 0.1) is 6.20 Å². The fraction of sp³-hybridized carbons (Fsp3) is 0.368. The Morgan fingerprint density at radius 3 is 2.60 bits per heavy atom. The lowest BCUT2D eigenvalue weighted by atomic mass is 10.2. The van der Waals surface area contributed by atoms with Crippen LogP contribution in [0.25, 0.3) is 0 Å². The van der Waals surface area contributed by atoms with Gasteiger partial charge in [0.15, 0.2) is 6.04 Å². The molecule has 1 aromatic heterocycles. The number of aromatic amines is 1. The van der Waals surface area contributed by atoms with Crippen LogP contribution in [-0.2, 0) is 11.3 Å². The van der Waals surface area contributed by atoms with Gasteiger partial charge in [0, 0.05) is 12.6 Å². The van der Waals surface area contributed by atoms with Crippen molar-refractivity contribution in [3.05, 3.63) is 60.0 Å². The Balaban J connectivity index is 1.47. The van der Waals surface area contributed by atoms with Crippen molar-refractivity contribution in [2.24, 2.45) is 0 Å². The van der Waals surface area contributed by atoms with E-state index in [4.69, 9.17) is 0 Å². The number of pyridine rings is 1. The minimum absolute atomic E-state index is 0.0408. The predicted octanol–water partition coefficient (Wildman–Crippen LogP) is 0.0496. The number of carbonyl (C=O) groups is 1. The summed E-state index contributed by atoms with van der Waals surface area (Å²) in [6.45, 7) is 6.10. The van der Waals surface area contributed by atoms with Crippen LogP contribution in [0.1, 0.15) is 12.5 Å². The van der Waals surface area contributed by atoms with Crippen molar-refractivity contribution < 1.29 is 19.1 Å². The summed E-state index contributed by atoms with van der Waals surface area (Å²) in [7, 11) is 0. The first-order chi connectivity index (χ1) is 12.1. The van der Waals surface area contributed by atoms with Crippen molar-refractivity contribution in [3.8, 4) is 0 Å². The Hall–Kier alpha value is -2.47. The molecule has 1 aromatic carbocycles. The number of quaternary nitrogens is 1. The van der Waals surface area contributed by atoms with Crippen LogP contribution in [0, 0.1) is 5.82 Å². The number of nitrogens with zero attached hydrogens (tertiary/aromatic N) is 1. The maximum absolute atomic E-state index is 12.9. The molecule has 2 heterocycles. The zero-order valence-corrected chi connectivity index (χ0v) is 14.5. The monoisotopic (exact) mass is 344 g/mol. The second kappa shape index (κ2) is 8.07. The number of carbonyl (C=O) groups excluding carboxylic acids is 1. The van der Waals surface area contributed by atoms with Gasteiger partial charge in [0.1, 0.15) is 32.0 Å². The summed E-state index contributed by atoms with van der Waals surface area (Å²) in [5.74, 6) is 0.899. The molecule has 132 valence electrons. The van der Waals surface area contributed by atoms with E-state index < -0.39 is 0 Å². The van der Waals surface area contributed by atoms with E-state index in [1.54, 1.807) is 12.1 Å². The normalized spacial score (nSPS) is 16.5. The molecule has 1 aliphatic rings. The zero-order chi connectivity index (χ0) is 17.6. The van der Waals surface area contributed by atoms with Crippen LogP contribution in [0.3, 0.4) is 0 Å². The number of benzene rings is 1. The summed E-state index contributed by atoms with van der Waals surface area (Å²) < 4.78 is 12.9. The molecule has 1 aliphatic heterocycles. The number of rotatable bonds is 5. The first-order valence-electron chi connectivity index (χ1n) is 8.72. The van der Waals surface area contributed by atoms with E-state index in [2.05, 4.69) is 21.3 Å². The number of hydrogen-bond donors (Lipinski definition) is 2. The summed E-state index contributed by atoms with van der Waals surface area (Å²) in [4.78, 5) is 19.3. The second-order valence-electron chi connectivity index (χ2n) is 6.46. The third-order valence-corrected chi connectivity index (χ3v) is 4.82. The number of anilines is 1. The van der Waals surface area contributed by atoms with Crippen LogP contribution >= 0.6 is 0 Å². The van der Waals surface area contributed by atoms with Crippen molar-refractivity contribution in [2.75, 3.05) is 31.1 Å². The first kappa shape index (κ1) is 17.4. The standard InChI is InChI=1S/C19H23FN4O/c1-15(19(25)22-14-16-5-7-17(20)8-6-16)23-10-12-24(13-11-23)18-4-2-3-9-21-18/h2-9,15H,10-14H2,1H3,(H,22,25)/p+2/t15-/m0/s1. The topological polar surface area (TPSA) is 50.9 Å². The van der Waals surface area contributed by atoms with E-state index >= 15 is 0 Å². The molecular formula is C19H25FN4O+2. The van der Waals surface area contributed by atoms with E-state index in [1.807, 2.05) is 25.3 Å². The summed E-state index contributed by atoms with van der Waals surface area (Å²) in [6.07, 6.45) is 1.93. The second-order valence-corrected chi connectivity index (χ2v) is 6.46. The Bertz CT molecular complexity index is 684. The van der Waals surface area contributed by atoms with Crippen LogP contribution in [0.4, 0.5) is 10.2 Å². The number of H-pyrrole nitrogens is 1. The summed E-state index contributed by atoms with van der Waals surface area (Å²) in [6, 6.07) is 12.2. The van der Waals surface area contributed by atoms with Gasteiger partial charge in [-0.2, -0.15) is 0 Å². The Labute approximate surface area is 147 Å². The molecule has 0 aliphatic carbocycles. The van der Waals surface area contributed by atoms with E-state index in [-0.39, 0.29) is 17.8 Å². The lowest BCUT2D eigenvalue weighted by Crippen LogP contribution is -3.19. The van der Waals surface area contributed by atoms with Crippen LogP contribution in [0.15, 0.2) is 48.7 Å². The summed E-state index contributed by atoms with van der Waals surface area (Å²) in [5.41, 5.74) is 0.904. The molecule has 1 atom stereocenters. The van der Waals surface area contributed by atoms with Gasteiger partial charge in [-0.25, -0.2) is 9.37 Å². The molecule has 0 saturated carbocycles. The molecular weight excluding hydrogens is 319 g/mol. The molecule has 0 bridgehead atoms. The van der Waals surface area contributed by atoms with Crippen LogP contribution < -0.4 is 20.1 Å². The van der Waals surface area contributed by atoms with Crippen LogP contribution in [0.5, 0.6) is 0 Å². The largest absolute Gasteiger partial charge is 0.347 e. The minimum Gasteiger partial charge on any atom is -0.347 e. The lowest BCUT2D eigenvalue weighted by molar-refractivity contribution is -0.914. The van der Waals surface area contributed by atoms with Crippen LogP contribution in [-0.4, -0.2) is 38.1 Å². The molecule has 1 fully saturated rings. The molecule has 3 rings (SSSR count). The molecule has 2 aromatic rings. The first-order valence-corrected chi connectivity index (χ1v) is 8.72. The molecule has 6 heteroatoms. The molecule has 0 spiro atoms. The number of hydrogen-bond acceptors (Lipinski definition) is 2. The average molecular weight is 344 g/mol. The Kier molecular flexibility index (Phi) is 5.60. The van der Waals surface area contributed by atoms with Crippen molar-refractivity contribution >= 4 is 11.7 Å². The van der Waals surface area contributed by atoms with Gasteiger partial charge >= 0.3 is 0 Å². The third kappa shape index (κ3) is 4.54. The van der Waals surface area contributed by atoms with Crippen molar-refractivity contribution in [3.63, 3.8) is 0 Å². The number of aromatic nitrogens is 1. The quantitative estimate of drug-likeness (QED) is 0.805. The van der Waals surface area contributed by atoms with Crippen molar-refractivity contribution in [1.29, 1.82) is 0 Å². The number of piperazine rings is 1. The fourth-order valence-electron chi connectivity index (χ4n) is 3.18. The Morgan fingerprint density at radius 2 is 1.96 bits per heavy atom. The van der Waals surface area contributed by atoms with Gasteiger partial charge in [-0.3, -0.25) is 9.69 Å². The van der Waals surface area contributed by atoms with E-state index in [9.17, 15) is 9.18 Å². The molecule has 25 heavy (non-hydrogen) atoms. The van der Waals surface area contributed by atoms with Crippen molar-refractivity contribution in [1.82, 2.24) is 5.32 Å². The van der Waals surface area contributed by atoms with Gasteiger partial charge in [0.25, 0.3) is 11.7 Å². The molecule has 3 N–H and O–H groups in total. The number of halogens is 1. The van der Waals surface area contributed by atoms with Gasteiger partial charge < -0.3 is 10.2 Å². The lowest BCUT2D eigenvalue weighted by Gasteiger charge is -2.31. The van der Waals surface area contributed by atoms with Gasteiger partial charge in [0.2, 0.25) is 0 Å². The van der Waals surface area contributed by atoms with Crippen molar-refractivity contribution in [2.45, 2.75) is 19.5 Å². The predicted molar refractivity (Wildman–Crippen MR) is 93.6 cm³/mol. The maximum Gasteiger partial charge on any atom is 0.278 e. The third-order valence-electron chi connectivity index (χ3n) is 4.82. The number of nitrogens with one attached hydrogen (secondary N) is 3. The van der Waals surface area contributed by atoms with Gasteiger partial charge in [-0.15, -0.1) is 0 Å². The van der Waals surface area contributed by atoms with Crippen LogP contribution in [0.2, 0.25) is 0 Å². The SMILES string of the molecule is C[C@@H](C(=O)NCc1ccc(F)cc1)[NH+]1CCN(c2cccc[nH+]2)CC1. The molecule has 1 saturated heterocycles. The molecule has 5 nitrogen and oxygen atoms in total. The highest BCUT2D eigenvalue weighted by atomic mass is 19.1. The molecule has 0 unspecified atom stereocenters. The molecule has 1 amide bonds. The molecule has 0 radical (unpaired) electrons. The highest BCUT2D eigenvalue weighted by Gasteiger charge is 2.32. The van der Waals surface area contributed by atoms with E-state index in [1.165, 1.54) is 17.0 Å². The Morgan fingerprint density at radius 1 is 1.24 bits per heavy atom. The van der Waals surface area contributed by atoms with E-state index in [0.717, 1.165) is 37.6 Å². The van der Waals surface area contributed by atoms with Gasteiger partial charge in [-0.05, 0) is 30.7 Å². The average Bonchev–Trinajstić information content (AvgIpc) is 2.67. The highest BCUT2D eigenvalue weighted by molar-refractivity contribution is 5.79. The summed E-state index contributed by atoms with van der Waals surface area (Å²) in [5, 5.41) is 2.96. The maximum atomic E-state index is 12.9.